The van der Waals surface area contributed by atoms with Gasteiger partial charge in [-0.05, 0) is 32.0 Å². The number of ether oxygens (including phenoxy) is 1. The van der Waals surface area contributed by atoms with Crippen LogP contribution in [-0.2, 0) is 0 Å². The zero-order valence-corrected chi connectivity index (χ0v) is 15.0. The molecule has 1 fully saturated rings. The highest BCUT2D eigenvalue weighted by Crippen LogP contribution is 2.11. The van der Waals surface area contributed by atoms with Crippen molar-refractivity contribution < 1.29 is 9.53 Å². The summed E-state index contributed by atoms with van der Waals surface area (Å²) in [6, 6.07) is 11.9. The number of carbonyl (C=O) groups excluding carboxylic acids is 1. The Morgan fingerprint density at radius 1 is 1.12 bits per heavy atom. The van der Waals surface area contributed by atoms with E-state index in [1.165, 1.54) is 0 Å². The van der Waals surface area contributed by atoms with E-state index < -0.39 is 0 Å². The maximum atomic E-state index is 12.5. The lowest BCUT2D eigenvalue weighted by Crippen LogP contribution is -2.49. The van der Waals surface area contributed by atoms with Crippen molar-refractivity contribution in [2.24, 2.45) is 0 Å². The summed E-state index contributed by atoms with van der Waals surface area (Å²) >= 11 is 0. The predicted octanol–water partition coefficient (Wildman–Crippen LogP) is 2.30. The molecule has 1 aromatic carbocycles. The number of rotatable bonds is 6. The Morgan fingerprint density at radius 2 is 1.84 bits per heavy atom. The Kier molecular flexibility index (Phi) is 5.71. The quantitative estimate of drug-likeness (QED) is 0.808. The molecule has 0 aliphatic carbocycles. The van der Waals surface area contributed by atoms with Crippen LogP contribution in [0.25, 0.3) is 0 Å². The molecule has 0 unspecified atom stereocenters. The minimum absolute atomic E-state index is 0.0274. The van der Waals surface area contributed by atoms with Gasteiger partial charge in [0, 0.05) is 45.0 Å². The van der Waals surface area contributed by atoms with Gasteiger partial charge in [-0.25, -0.2) is 0 Å². The second-order valence-electron chi connectivity index (χ2n) is 6.57. The summed E-state index contributed by atoms with van der Waals surface area (Å²) in [5, 5.41) is 4.38. The van der Waals surface area contributed by atoms with E-state index in [1.807, 2.05) is 52.2 Å². The lowest BCUT2D eigenvalue weighted by atomic mass is 10.3. The lowest BCUT2D eigenvalue weighted by Gasteiger charge is -2.34. The van der Waals surface area contributed by atoms with Crippen molar-refractivity contribution >= 4 is 5.91 Å². The Bertz CT molecular complexity index is 676. The molecule has 0 saturated carbocycles. The van der Waals surface area contributed by atoms with Crippen LogP contribution >= 0.6 is 0 Å². The predicted molar refractivity (Wildman–Crippen MR) is 96.9 cm³/mol. The Hall–Kier alpha value is -2.34. The van der Waals surface area contributed by atoms with Crippen LogP contribution in [0.5, 0.6) is 5.75 Å². The summed E-state index contributed by atoms with van der Waals surface area (Å²) in [6.45, 7) is 8.85. The fourth-order valence-electron chi connectivity index (χ4n) is 2.89. The van der Waals surface area contributed by atoms with Crippen molar-refractivity contribution in [3.63, 3.8) is 0 Å². The van der Waals surface area contributed by atoms with Crippen LogP contribution in [0, 0.1) is 0 Å². The molecular weight excluding hydrogens is 316 g/mol. The zero-order chi connectivity index (χ0) is 17.6. The van der Waals surface area contributed by atoms with Gasteiger partial charge in [0.1, 0.15) is 18.1 Å². The van der Waals surface area contributed by atoms with Gasteiger partial charge in [0.2, 0.25) is 0 Å². The molecule has 1 saturated heterocycles. The summed E-state index contributed by atoms with van der Waals surface area (Å²) in [5.41, 5.74) is 0.537. The van der Waals surface area contributed by atoms with Crippen molar-refractivity contribution in [3.05, 3.63) is 48.3 Å². The number of benzene rings is 1. The normalized spacial score (nSPS) is 15.6. The molecule has 0 bridgehead atoms. The third-order valence-electron chi connectivity index (χ3n) is 4.44. The van der Waals surface area contributed by atoms with Gasteiger partial charge in [0.15, 0.2) is 0 Å². The molecule has 0 spiro atoms. The van der Waals surface area contributed by atoms with Crippen LogP contribution in [0.3, 0.4) is 0 Å². The van der Waals surface area contributed by atoms with E-state index in [4.69, 9.17) is 4.74 Å². The largest absolute Gasteiger partial charge is 0.492 e. The van der Waals surface area contributed by atoms with E-state index in [2.05, 4.69) is 23.8 Å². The molecule has 1 aliphatic heterocycles. The Balaban J connectivity index is 1.42. The van der Waals surface area contributed by atoms with Gasteiger partial charge in [-0.2, -0.15) is 5.10 Å². The maximum Gasteiger partial charge on any atom is 0.274 e. The average Bonchev–Trinajstić information content (AvgIpc) is 3.13. The molecule has 0 radical (unpaired) electrons. The van der Waals surface area contributed by atoms with Crippen LogP contribution in [0.2, 0.25) is 0 Å². The molecule has 1 amide bonds. The van der Waals surface area contributed by atoms with E-state index in [0.717, 1.165) is 38.5 Å². The summed E-state index contributed by atoms with van der Waals surface area (Å²) in [5.74, 6) is 0.927. The van der Waals surface area contributed by atoms with Crippen LogP contribution in [-0.4, -0.2) is 64.8 Å². The number of piperazine rings is 1. The number of hydrogen-bond donors (Lipinski definition) is 0. The highest BCUT2D eigenvalue weighted by atomic mass is 16.5. The van der Waals surface area contributed by atoms with Crippen molar-refractivity contribution in [2.45, 2.75) is 19.9 Å². The number of aromatic nitrogens is 2. The van der Waals surface area contributed by atoms with Crippen LogP contribution in [0.15, 0.2) is 42.6 Å². The van der Waals surface area contributed by atoms with Gasteiger partial charge in [-0.3, -0.25) is 14.4 Å². The Labute approximate surface area is 149 Å². The van der Waals surface area contributed by atoms with Crippen LogP contribution in [0.4, 0.5) is 0 Å². The monoisotopic (exact) mass is 342 g/mol. The number of para-hydroxylation sites is 1. The first-order valence-electron chi connectivity index (χ1n) is 8.88. The molecule has 0 atom stereocenters. The third-order valence-corrected chi connectivity index (χ3v) is 4.44. The first-order chi connectivity index (χ1) is 12.1. The molecular formula is C19H26N4O2. The molecule has 2 aromatic rings. The van der Waals surface area contributed by atoms with Gasteiger partial charge in [0.25, 0.3) is 5.91 Å². The molecule has 1 aromatic heterocycles. The van der Waals surface area contributed by atoms with Crippen molar-refractivity contribution in [2.75, 3.05) is 39.3 Å². The summed E-state index contributed by atoms with van der Waals surface area (Å²) in [4.78, 5) is 16.8. The standard InChI is InChI=1S/C19H26N4O2/c1-16(2)23-9-8-18(20-23)19(24)22-12-10-21(11-13-22)14-15-25-17-6-4-3-5-7-17/h3-9,16H,10-15H2,1-2H3. The van der Waals surface area contributed by atoms with Gasteiger partial charge in [-0.1, -0.05) is 18.2 Å². The van der Waals surface area contributed by atoms with Gasteiger partial charge in [0.05, 0.1) is 0 Å². The van der Waals surface area contributed by atoms with E-state index in [9.17, 15) is 4.79 Å². The molecule has 6 nitrogen and oxygen atoms in total. The van der Waals surface area contributed by atoms with Gasteiger partial charge in [-0.15, -0.1) is 0 Å². The van der Waals surface area contributed by atoms with E-state index >= 15 is 0 Å². The molecule has 0 N–H and O–H groups in total. The molecule has 3 rings (SSSR count). The van der Waals surface area contributed by atoms with E-state index in [-0.39, 0.29) is 11.9 Å². The molecule has 134 valence electrons. The Morgan fingerprint density at radius 3 is 2.48 bits per heavy atom. The van der Waals surface area contributed by atoms with Crippen molar-refractivity contribution in [3.8, 4) is 5.75 Å². The third kappa shape index (κ3) is 4.60. The fourth-order valence-corrected chi connectivity index (χ4v) is 2.89. The molecule has 25 heavy (non-hydrogen) atoms. The molecule has 2 heterocycles. The number of nitrogens with zero attached hydrogens (tertiary/aromatic N) is 4. The topological polar surface area (TPSA) is 50.6 Å². The number of carbonyl (C=O) groups is 1. The van der Waals surface area contributed by atoms with E-state index in [1.54, 1.807) is 0 Å². The van der Waals surface area contributed by atoms with Crippen molar-refractivity contribution in [1.82, 2.24) is 19.6 Å². The highest BCUT2D eigenvalue weighted by Gasteiger charge is 2.23. The minimum Gasteiger partial charge on any atom is -0.492 e. The highest BCUT2D eigenvalue weighted by molar-refractivity contribution is 5.92. The maximum absolute atomic E-state index is 12.5. The second-order valence-corrected chi connectivity index (χ2v) is 6.57. The SMILES string of the molecule is CC(C)n1ccc(C(=O)N2CCN(CCOc3ccccc3)CC2)n1. The lowest BCUT2D eigenvalue weighted by molar-refractivity contribution is 0.0613. The second kappa shape index (κ2) is 8.16. The smallest absolute Gasteiger partial charge is 0.274 e. The number of amides is 1. The number of hydrogen-bond acceptors (Lipinski definition) is 4. The summed E-state index contributed by atoms with van der Waals surface area (Å²) < 4.78 is 7.57. The van der Waals surface area contributed by atoms with Gasteiger partial charge >= 0.3 is 0 Å². The summed E-state index contributed by atoms with van der Waals surface area (Å²) in [7, 11) is 0. The van der Waals surface area contributed by atoms with Crippen LogP contribution in [0.1, 0.15) is 30.4 Å². The molecule has 6 heteroatoms. The van der Waals surface area contributed by atoms with Crippen molar-refractivity contribution in [1.29, 1.82) is 0 Å². The first kappa shape index (κ1) is 17.5. The summed E-state index contributed by atoms with van der Waals surface area (Å²) in [6.07, 6.45) is 1.87. The fraction of sp³-hybridized carbons (Fsp3) is 0.474. The van der Waals surface area contributed by atoms with Crippen LogP contribution < -0.4 is 4.74 Å². The van der Waals surface area contributed by atoms with E-state index in [0.29, 0.717) is 12.3 Å². The first-order valence-corrected chi connectivity index (χ1v) is 8.88. The zero-order valence-electron chi connectivity index (χ0n) is 15.0. The average molecular weight is 342 g/mol. The molecule has 1 aliphatic rings. The minimum atomic E-state index is 0.0274. The van der Waals surface area contributed by atoms with Gasteiger partial charge < -0.3 is 9.64 Å².